The van der Waals surface area contributed by atoms with Crippen molar-refractivity contribution in [3.05, 3.63) is 62.0 Å². The van der Waals surface area contributed by atoms with Crippen LogP contribution in [0.5, 0.6) is 5.75 Å². The smallest absolute Gasteiger partial charge is 0.139 e. The summed E-state index contributed by atoms with van der Waals surface area (Å²) in [5, 5.41) is 0.660. The number of benzene rings is 2. The molecular formula is C16H16Br2ClNO. The zero-order valence-electron chi connectivity index (χ0n) is 11.5. The molecule has 2 aromatic rings. The third-order valence-corrected chi connectivity index (χ3v) is 4.53. The molecule has 5 heteroatoms. The number of nitrogens with two attached hydrogens (primary N) is 1. The third kappa shape index (κ3) is 4.46. The summed E-state index contributed by atoms with van der Waals surface area (Å²) in [4.78, 5) is 0. The topological polar surface area (TPSA) is 35.2 Å². The Balaban J connectivity index is 2.33. The number of hydrogen-bond acceptors (Lipinski definition) is 2. The lowest BCUT2D eigenvalue weighted by Crippen LogP contribution is -2.31. The van der Waals surface area contributed by atoms with Crippen molar-refractivity contribution in [3.8, 4) is 5.75 Å². The first-order valence-electron chi connectivity index (χ1n) is 6.64. The molecule has 2 atom stereocenters. The van der Waals surface area contributed by atoms with Crippen molar-refractivity contribution in [3.63, 3.8) is 0 Å². The average molecular weight is 434 g/mol. The summed E-state index contributed by atoms with van der Waals surface area (Å²) in [5.74, 6) is 0.730. The molecule has 2 nitrogen and oxygen atoms in total. The van der Waals surface area contributed by atoms with Gasteiger partial charge in [-0.3, -0.25) is 0 Å². The van der Waals surface area contributed by atoms with Crippen LogP contribution in [0.4, 0.5) is 0 Å². The van der Waals surface area contributed by atoms with Crippen molar-refractivity contribution in [2.75, 3.05) is 0 Å². The summed E-state index contributed by atoms with van der Waals surface area (Å²) in [6.07, 6.45) is 0.604. The molecule has 0 spiro atoms. The van der Waals surface area contributed by atoms with E-state index in [1.807, 2.05) is 36.4 Å². The van der Waals surface area contributed by atoms with Crippen LogP contribution in [0.2, 0.25) is 5.02 Å². The molecule has 0 aliphatic heterocycles. The maximum atomic E-state index is 6.25. The summed E-state index contributed by atoms with van der Waals surface area (Å²) >= 11 is 12.9. The Morgan fingerprint density at radius 3 is 2.57 bits per heavy atom. The maximum absolute atomic E-state index is 6.25. The summed E-state index contributed by atoms with van der Waals surface area (Å²) in [6.45, 7) is 2.05. The van der Waals surface area contributed by atoms with E-state index in [1.54, 1.807) is 6.07 Å². The van der Waals surface area contributed by atoms with E-state index in [2.05, 4.69) is 38.8 Å². The van der Waals surface area contributed by atoms with Crippen LogP contribution < -0.4 is 10.5 Å². The van der Waals surface area contributed by atoms with E-state index in [0.717, 1.165) is 26.7 Å². The predicted octanol–water partition coefficient (Wildman–Crippen LogP) is 5.72. The van der Waals surface area contributed by atoms with Gasteiger partial charge in [0.1, 0.15) is 11.9 Å². The van der Waals surface area contributed by atoms with Crippen LogP contribution in [0.15, 0.2) is 51.4 Å². The molecule has 2 unspecified atom stereocenters. The fourth-order valence-electron chi connectivity index (χ4n) is 2.01. The van der Waals surface area contributed by atoms with Crippen molar-refractivity contribution in [2.24, 2.45) is 5.73 Å². The van der Waals surface area contributed by atoms with Crippen LogP contribution in [-0.2, 0) is 0 Å². The van der Waals surface area contributed by atoms with Crippen LogP contribution in [0, 0.1) is 0 Å². The first kappa shape index (κ1) is 16.8. The molecule has 0 heterocycles. The Morgan fingerprint density at radius 2 is 1.95 bits per heavy atom. The largest absolute Gasteiger partial charge is 0.483 e. The molecule has 0 saturated carbocycles. The molecule has 2 aromatic carbocycles. The van der Waals surface area contributed by atoms with E-state index in [4.69, 9.17) is 22.1 Å². The molecule has 2 N–H and O–H groups in total. The van der Waals surface area contributed by atoms with Crippen LogP contribution in [0.1, 0.15) is 25.0 Å². The van der Waals surface area contributed by atoms with Gasteiger partial charge in [-0.05, 0) is 58.2 Å². The van der Waals surface area contributed by atoms with Gasteiger partial charge in [0.25, 0.3) is 0 Å². The van der Waals surface area contributed by atoms with Gasteiger partial charge in [-0.2, -0.15) is 0 Å². The highest BCUT2D eigenvalue weighted by molar-refractivity contribution is 9.10. The molecule has 0 amide bonds. The first-order chi connectivity index (χ1) is 10.0. The number of halogens is 3. The molecule has 112 valence electrons. The average Bonchev–Trinajstić information content (AvgIpc) is 2.45. The van der Waals surface area contributed by atoms with E-state index in [0.29, 0.717) is 5.02 Å². The van der Waals surface area contributed by atoms with E-state index < -0.39 is 0 Å². The van der Waals surface area contributed by atoms with Crippen LogP contribution in [0.25, 0.3) is 0 Å². The molecule has 0 aliphatic carbocycles. The summed E-state index contributed by atoms with van der Waals surface area (Å²) in [6, 6.07) is 13.4. The Hall–Kier alpha value is -0.550. The second-order valence-electron chi connectivity index (χ2n) is 4.74. The van der Waals surface area contributed by atoms with Gasteiger partial charge in [-0.15, -0.1) is 0 Å². The summed E-state index contributed by atoms with van der Waals surface area (Å²) < 4.78 is 7.97. The van der Waals surface area contributed by atoms with Crippen molar-refractivity contribution in [1.29, 1.82) is 0 Å². The maximum Gasteiger partial charge on any atom is 0.139 e. The summed E-state index contributed by atoms with van der Waals surface area (Å²) in [5.41, 5.74) is 7.29. The lowest BCUT2D eigenvalue weighted by atomic mass is 10.0. The van der Waals surface area contributed by atoms with Gasteiger partial charge in [-0.1, -0.05) is 46.6 Å². The number of rotatable bonds is 5. The Bertz CT molecular complexity index is 621. The second-order valence-corrected chi connectivity index (χ2v) is 6.95. The van der Waals surface area contributed by atoms with E-state index in [-0.39, 0.29) is 12.1 Å². The highest BCUT2D eigenvalue weighted by Crippen LogP contribution is 2.33. The van der Waals surface area contributed by atoms with E-state index >= 15 is 0 Å². The van der Waals surface area contributed by atoms with Gasteiger partial charge in [-0.25, -0.2) is 0 Å². The SMILES string of the molecule is CCC(N)C(Oc1ccc(Cl)cc1Br)c1cccc(Br)c1. The van der Waals surface area contributed by atoms with Gasteiger partial charge in [0.2, 0.25) is 0 Å². The minimum atomic E-state index is -0.218. The van der Waals surface area contributed by atoms with Gasteiger partial charge in [0.15, 0.2) is 0 Å². The minimum absolute atomic E-state index is 0.0955. The molecule has 0 aliphatic rings. The standard InChI is InChI=1S/C16H16Br2ClNO/c1-2-14(20)16(10-4-3-5-11(17)8-10)21-15-7-6-12(19)9-13(15)18/h3-9,14,16H,2,20H2,1H3. The van der Waals surface area contributed by atoms with Crippen molar-refractivity contribution in [2.45, 2.75) is 25.5 Å². The number of hydrogen-bond donors (Lipinski definition) is 1. The lowest BCUT2D eigenvalue weighted by molar-refractivity contribution is 0.170. The molecule has 0 fully saturated rings. The minimum Gasteiger partial charge on any atom is -0.483 e. The quantitative estimate of drug-likeness (QED) is 0.654. The fraction of sp³-hybridized carbons (Fsp3) is 0.250. The van der Waals surface area contributed by atoms with E-state index in [9.17, 15) is 0 Å². The molecular weight excluding hydrogens is 417 g/mol. The van der Waals surface area contributed by atoms with E-state index in [1.165, 1.54) is 0 Å². The van der Waals surface area contributed by atoms with Crippen molar-refractivity contribution >= 4 is 43.5 Å². The Morgan fingerprint density at radius 1 is 1.19 bits per heavy atom. The fourth-order valence-corrected chi connectivity index (χ4v) is 3.20. The van der Waals surface area contributed by atoms with Crippen molar-refractivity contribution < 1.29 is 4.74 Å². The first-order valence-corrected chi connectivity index (χ1v) is 8.60. The van der Waals surface area contributed by atoms with Gasteiger partial charge in [0, 0.05) is 15.5 Å². The molecule has 0 saturated heterocycles. The molecule has 0 bridgehead atoms. The predicted molar refractivity (Wildman–Crippen MR) is 94.9 cm³/mol. The Labute approximate surface area is 146 Å². The number of ether oxygens (including phenoxy) is 1. The summed E-state index contributed by atoms with van der Waals surface area (Å²) in [7, 11) is 0. The monoisotopic (exact) mass is 431 g/mol. The van der Waals surface area contributed by atoms with Gasteiger partial charge >= 0.3 is 0 Å². The van der Waals surface area contributed by atoms with Crippen LogP contribution in [-0.4, -0.2) is 6.04 Å². The normalized spacial score (nSPS) is 13.8. The third-order valence-electron chi connectivity index (χ3n) is 3.19. The zero-order valence-corrected chi connectivity index (χ0v) is 15.5. The molecule has 2 rings (SSSR count). The van der Waals surface area contributed by atoms with Crippen LogP contribution in [0.3, 0.4) is 0 Å². The zero-order chi connectivity index (χ0) is 15.4. The van der Waals surface area contributed by atoms with Crippen LogP contribution >= 0.6 is 43.5 Å². The Kier molecular flexibility index (Phi) is 6.11. The lowest BCUT2D eigenvalue weighted by Gasteiger charge is -2.25. The highest BCUT2D eigenvalue weighted by atomic mass is 79.9. The second kappa shape index (κ2) is 7.63. The molecule has 0 aromatic heterocycles. The molecule has 0 radical (unpaired) electrons. The van der Waals surface area contributed by atoms with Crippen molar-refractivity contribution in [1.82, 2.24) is 0 Å². The highest BCUT2D eigenvalue weighted by Gasteiger charge is 2.21. The van der Waals surface area contributed by atoms with Gasteiger partial charge in [0.05, 0.1) is 4.47 Å². The molecule has 21 heavy (non-hydrogen) atoms. The van der Waals surface area contributed by atoms with Gasteiger partial charge < -0.3 is 10.5 Å².